The Morgan fingerprint density at radius 1 is 0.958 bits per heavy atom. The third-order valence-electron chi connectivity index (χ3n) is 3.01. The van der Waals surface area contributed by atoms with Gasteiger partial charge in [-0.3, -0.25) is 0 Å². The number of nitrogens with one attached hydrogen (secondary N) is 2. The molecule has 0 amide bonds. The molecule has 0 aliphatic rings. The molecule has 0 aliphatic carbocycles. The fourth-order valence-electron chi connectivity index (χ4n) is 1.93. The Bertz CT molecular complexity index is 1040. The SMILES string of the molecule is O=S(=O)(NCCNS(=O)(=O)c1cccc2nonc12)c1cccs1. The maximum atomic E-state index is 12.3. The Labute approximate surface area is 141 Å². The molecule has 0 unspecified atom stereocenters. The number of rotatable bonds is 7. The lowest BCUT2D eigenvalue weighted by atomic mass is 10.3. The molecule has 3 rings (SSSR count). The summed E-state index contributed by atoms with van der Waals surface area (Å²) in [5, 5.41) is 8.79. The van der Waals surface area contributed by atoms with E-state index in [1.54, 1.807) is 17.5 Å². The summed E-state index contributed by atoms with van der Waals surface area (Å²) in [5.41, 5.74) is 0.431. The molecule has 2 heterocycles. The van der Waals surface area contributed by atoms with Gasteiger partial charge in [0.25, 0.3) is 0 Å². The van der Waals surface area contributed by atoms with Crippen molar-refractivity contribution in [3.8, 4) is 0 Å². The third-order valence-corrected chi connectivity index (χ3v) is 7.36. The van der Waals surface area contributed by atoms with Gasteiger partial charge in [-0.25, -0.2) is 30.9 Å². The van der Waals surface area contributed by atoms with Gasteiger partial charge < -0.3 is 0 Å². The number of nitrogens with zero attached hydrogens (tertiary/aromatic N) is 2. The van der Waals surface area contributed by atoms with Crippen molar-refractivity contribution < 1.29 is 21.5 Å². The van der Waals surface area contributed by atoms with Crippen LogP contribution in [0.2, 0.25) is 0 Å². The molecule has 24 heavy (non-hydrogen) atoms. The molecule has 0 radical (unpaired) electrons. The van der Waals surface area contributed by atoms with Crippen LogP contribution in [-0.4, -0.2) is 40.2 Å². The second-order valence-corrected chi connectivity index (χ2v) is 9.29. The molecule has 0 saturated heterocycles. The minimum absolute atomic E-state index is 0.0811. The normalized spacial score (nSPS) is 12.7. The number of aromatic nitrogens is 2. The lowest BCUT2D eigenvalue weighted by molar-refractivity contribution is 0.315. The topological polar surface area (TPSA) is 131 Å². The van der Waals surface area contributed by atoms with E-state index in [0.29, 0.717) is 5.52 Å². The lowest BCUT2D eigenvalue weighted by Crippen LogP contribution is -2.34. The van der Waals surface area contributed by atoms with Gasteiger partial charge in [0.2, 0.25) is 20.0 Å². The van der Waals surface area contributed by atoms with Crippen LogP contribution in [0, 0.1) is 0 Å². The molecule has 9 nitrogen and oxygen atoms in total. The Balaban J connectivity index is 1.65. The Morgan fingerprint density at radius 3 is 2.42 bits per heavy atom. The van der Waals surface area contributed by atoms with Gasteiger partial charge in [0, 0.05) is 13.1 Å². The minimum Gasteiger partial charge on any atom is -0.243 e. The second-order valence-electron chi connectivity index (χ2n) is 4.62. The third kappa shape index (κ3) is 3.47. The zero-order valence-electron chi connectivity index (χ0n) is 12.0. The Morgan fingerprint density at radius 2 is 1.71 bits per heavy atom. The molecule has 0 saturated carbocycles. The van der Waals surface area contributed by atoms with E-state index < -0.39 is 20.0 Å². The van der Waals surface area contributed by atoms with E-state index in [1.807, 2.05) is 0 Å². The van der Waals surface area contributed by atoms with Crippen LogP contribution in [-0.2, 0) is 20.0 Å². The Kier molecular flexibility index (Phi) is 4.64. The van der Waals surface area contributed by atoms with Crippen LogP contribution in [0.4, 0.5) is 0 Å². The van der Waals surface area contributed by atoms with Crippen molar-refractivity contribution in [2.75, 3.05) is 13.1 Å². The van der Waals surface area contributed by atoms with Crippen molar-refractivity contribution >= 4 is 42.4 Å². The first-order chi connectivity index (χ1) is 11.4. The average molecular weight is 388 g/mol. The molecular formula is C12H12N4O5S3. The predicted octanol–water partition coefficient (Wildman–Crippen LogP) is 0.541. The minimum atomic E-state index is -3.87. The average Bonchev–Trinajstić information content (AvgIpc) is 3.22. The van der Waals surface area contributed by atoms with Crippen LogP contribution in [0.5, 0.6) is 0 Å². The molecule has 0 bridgehead atoms. The van der Waals surface area contributed by atoms with Crippen LogP contribution in [0.25, 0.3) is 11.0 Å². The highest BCUT2D eigenvalue weighted by molar-refractivity contribution is 7.91. The summed E-state index contributed by atoms with van der Waals surface area (Å²) in [6, 6.07) is 7.54. The summed E-state index contributed by atoms with van der Waals surface area (Å²) in [5.74, 6) is 0. The summed E-state index contributed by atoms with van der Waals surface area (Å²) in [6.07, 6.45) is 0. The summed E-state index contributed by atoms with van der Waals surface area (Å²) in [7, 11) is -7.50. The van der Waals surface area contributed by atoms with Crippen LogP contribution >= 0.6 is 11.3 Å². The van der Waals surface area contributed by atoms with Gasteiger partial charge in [-0.1, -0.05) is 12.1 Å². The van der Waals surface area contributed by atoms with Crippen LogP contribution < -0.4 is 9.44 Å². The molecule has 0 spiro atoms. The smallest absolute Gasteiger partial charge is 0.243 e. The fraction of sp³-hybridized carbons (Fsp3) is 0.167. The molecule has 1 aromatic carbocycles. The zero-order valence-corrected chi connectivity index (χ0v) is 14.5. The van der Waals surface area contributed by atoms with E-state index in [1.165, 1.54) is 18.2 Å². The van der Waals surface area contributed by atoms with Crippen molar-refractivity contribution in [1.29, 1.82) is 0 Å². The van der Waals surface area contributed by atoms with Gasteiger partial charge in [0.05, 0.1) is 0 Å². The van der Waals surface area contributed by atoms with Crippen LogP contribution in [0.3, 0.4) is 0 Å². The number of thiophene rings is 1. The van der Waals surface area contributed by atoms with Crippen molar-refractivity contribution in [3.05, 3.63) is 35.7 Å². The highest BCUT2D eigenvalue weighted by Gasteiger charge is 2.20. The standard InChI is InChI=1S/C12H12N4O5S3/c17-23(18,10-4-1-3-9-12(10)16-21-15-9)13-6-7-14-24(19,20)11-5-2-8-22-11/h1-5,8,13-14H,6-7H2. The second kappa shape index (κ2) is 6.57. The van der Waals surface area contributed by atoms with E-state index in [-0.39, 0.29) is 27.7 Å². The molecular weight excluding hydrogens is 376 g/mol. The number of hydrogen-bond donors (Lipinski definition) is 2. The van der Waals surface area contributed by atoms with Crippen molar-refractivity contribution in [3.63, 3.8) is 0 Å². The fourth-order valence-corrected chi connectivity index (χ4v) is 5.18. The molecule has 3 aromatic rings. The molecule has 12 heteroatoms. The lowest BCUT2D eigenvalue weighted by Gasteiger charge is -2.08. The molecule has 2 aromatic heterocycles. The largest absolute Gasteiger partial charge is 0.250 e. The molecule has 2 N–H and O–H groups in total. The monoisotopic (exact) mass is 388 g/mol. The van der Waals surface area contributed by atoms with Crippen molar-refractivity contribution in [1.82, 2.24) is 19.8 Å². The van der Waals surface area contributed by atoms with Crippen molar-refractivity contribution in [2.24, 2.45) is 0 Å². The van der Waals surface area contributed by atoms with E-state index in [4.69, 9.17) is 0 Å². The van der Waals surface area contributed by atoms with E-state index in [2.05, 4.69) is 24.4 Å². The number of sulfonamides is 2. The summed E-state index contributed by atoms with van der Waals surface area (Å²) in [4.78, 5) is -0.0811. The van der Waals surface area contributed by atoms with E-state index in [9.17, 15) is 16.8 Å². The molecule has 128 valence electrons. The Hall–Kier alpha value is -1.86. The maximum Gasteiger partial charge on any atom is 0.250 e. The first-order valence-electron chi connectivity index (χ1n) is 6.64. The molecule has 0 atom stereocenters. The quantitative estimate of drug-likeness (QED) is 0.565. The zero-order chi connectivity index (χ0) is 17.2. The summed E-state index contributed by atoms with van der Waals surface area (Å²) < 4.78 is 57.8. The van der Waals surface area contributed by atoms with Gasteiger partial charge >= 0.3 is 0 Å². The van der Waals surface area contributed by atoms with Gasteiger partial charge in [0.1, 0.15) is 14.6 Å². The van der Waals surface area contributed by atoms with E-state index in [0.717, 1.165) is 11.3 Å². The van der Waals surface area contributed by atoms with Crippen LogP contribution in [0.15, 0.2) is 49.4 Å². The first-order valence-corrected chi connectivity index (χ1v) is 10.5. The number of benzene rings is 1. The summed E-state index contributed by atoms with van der Waals surface area (Å²) in [6.45, 7) is -0.207. The highest BCUT2D eigenvalue weighted by Crippen LogP contribution is 2.19. The van der Waals surface area contributed by atoms with Crippen LogP contribution in [0.1, 0.15) is 0 Å². The highest BCUT2D eigenvalue weighted by atomic mass is 32.2. The van der Waals surface area contributed by atoms with Gasteiger partial charge in [-0.2, -0.15) is 0 Å². The van der Waals surface area contributed by atoms with Crippen molar-refractivity contribution in [2.45, 2.75) is 9.10 Å². The predicted molar refractivity (Wildman–Crippen MR) is 86.5 cm³/mol. The molecule has 0 aliphatic heterocycles. The molecule has 0 fully saturated rings. The van der Waals surface area contributed by atoms with Gasteiger partial charge in [0.15, 0.2) is 5.52 Å². The van der Waals surface area contributed by atoms with Gasteiger partial charge in [-0.05, 0) is 33.9 Å². The first kappa shape index (κ1) is 17.0. The number of fused-ring (bicyclic) bond motifs is 1. The number of hydrogen-bond acceptors (Lipinski definition) is 8. The van der Waals surface area contributed by atoms with Gasteiger partial charge in [-0.15, -0.1) is 11.3 Å². The summed E-state index contributed by atoms with van der Waals surface area (Å²) >= 11 is 1.08. The maximum absolute atomic E-state index is 12.3. The van der Waals surface area contributed by atoms with E-state index >= 15 is 0 Å².